The van der Waals surface area contributed by atoms with Gasteiger partial charge >= 0.3 is 18.1 Å². The molecule has 0 atom stereocenters. The number of pyridine rings is 1. The van der Waals surface area contributed by atoms with E-state index < -0.39 is 35.9 Å². The van der Waals surface area contributed by atoms with Gasteiger partial charge in [0.05, 0.1) is 6.54 Å². The highest BCUT2D eigenvalue weighted by molar-refractivity contribution is 6.30. The van der Waals surface area contributed by atoms with E-state index in [1.807, 2.05) is 18.2 Å². The maximum absolute atomic E-state index is 14.3. The third-order valence-electron chi connectivity index (χ3n) is 4.58. The van der Waals surface area contributed by atoms with Gasteiger partial charge in [-0.3, -0.25) is 4.79 Å². The lowest BCUT2D eigenvalue weighted by Crippen LogP contribution is -2.41. The van der Waals surface area contributed by atoms with Crippen molar-refractivity contribution >= 4 is 23.4 Å². The highest BCUT2D eigenvalue weighted by atomic mass is 35.5. The van der Waals surface area contributed by atoms with Gasteiger partial charge in [-0.25, -0.2) is 9.78 Å². The topological polar surface area (TPSA) is 123 Å². The number of anilines is 1. The van der Waals surface area contributed by atoms with Crippen LogP contribution in [-0.4, -0.2) is 39.9 Å². The summed E-state index contributed by atoms with van der Waals surface area (Å²) in [7, 11) is 0. The van der Waals surface area contributed by atoms with Gasteiger partial charge in [0, 0.05) is 49.2 Å². The first-order valence-electron chi connectivity index (χ1n) is 10.4. The Labute approximate surface area is 211 Å². The van der Waals surface area contributed by atoms with E-state index in [1.165, 1.54) is 29.1 Å². The standard InChI is InChI=1S/C20H20ClF2N5O2.C2HF3O2/c21-16-5-3-4-15(12-16)13-24-7-10-27-11-8-25-18(19(27)29)26-14-20(22,23)17-6-1-2-9-28(17)30;3-2(4,5)1(6)7/h1-6,8-9,11-12,24H,7,10,13-14H2,(H,25,26);(H,6,7). The maximum atomic E-state index is 14.3. The second-order valence-electron chi connectivity index (χ2n) is 7.35. The largest absolute Gasteiger partial charge is 0.618 e. The molecule has 15 heteroatoms. The average molecular weight is 550 g/mol. The quantitative estimate of drug-likeness (QED) is 0.162. The molecule has 0 spiro atoms. The van der Waals surface area contributed by atoms with Crippen molar-refractivity contribution in [2.75, 3.05) is 18.4 Å². The van der Waals surface area contributed by atoms with E-state index >= 15 is 0 Å². The highest BCUT2D eigenvalue weighted by Crippen LogP contribution is 2.24. The van der Waals surface area contributed by atoms with Crippen LogP contribution in [0.2, 0.25) is 5.02 Å². The summed E-state index contributed by atoms with van der Waals surface area (Å²) in [5.41, 5.74) is -0.231. The molecule has 0 saturated carbocycles. The number of nitrogens with one attached hydrogen (secondary N) is 2. The van der Waals surface area contributed by atoms with E-state index in [1.54, 1.807) is 6.07 Å². The Morgan fingerprint density at radius 3 is 2.49 bits per heavy atom. The minimum Gasteiger partial charge on any atom is -0.618 e. The first-order valence-corrected chi connectivity index (χ1v) is 10.8. The number of alkyl halides is 5. The number of hydrogen-bond acceptors (Lipinski definition) is 6. The average Bonchev–Trinajstić information content (AvgIpc) is 2.82. The van der Waals surface area contributed by atoms with E-state index in [9.17, 15) is 32.0 Å². The van der Waals surface area contributed by atoms with Crippen LogP contribution in [0.1, 0.15) is 11.3 Å². The van der Waals surface area contributed by atoms with E-state index in [4.69, 9.17) is 21.5 Å². The summed E-state index contributed by atoms with van der Waals surface area (Å²) >= 11 is 5.94. The van der Waals surface area contributed by atoms with Crippen molar-refractivity contribution in [1.29, 1.82) is 0 Å². The SMILES string of the molecule is O=C(O)C(F)(F)F.O=c1c(NCC(F)(F)c2cccc[n+]2[O-])nccn1CCNCc1cccc(Cl)c1. The number of carbonyl (C=O) groups is 1. The van der Waals surface area contributed by atoms with Gasteiger partial charge in [-0.05, 0) is 23.8 Å². The molecule has 3 rings (SSSR count). The van der Waals surface area contributed by atoms with Gasteiger partial charge in [0.1, 0.15) is 0 Å². The normalized spacial score (nSPS) is 11.4. The van der Waals surface area contributed by atoms with Gasteiger partial charge in [-0.2, -0.15) is 26.7 Å². The van der Waals surface area contributed by atoms with Crippen molar-refractivity contribution in [1.82, 2.24) is 14.9 Å². The van der Waals surface area contributed by atoms with Crippen molar-refractivity contribution in [2.24, 2.45) is 0 Å². The first kappa shape index (κ1) is 29.5. The van der Waals surface area contributed by atoms with Crippen LogP contribution in [0.4, 0.5) is 27.8 Å². The van der Waals surface area contributed by atoms with Crippen LogP contribution in [0.5, 0.6) is 0 Å². The number of aliphatic carboxylic acids is 1. The number of benzene rings is 1. The molecule has 0 amide bonds. The molecule has 0 aliphatic heterocycles. The maximum Gasteiger partial charge on any atom is 0.490 e. The van der Waals surface area contributed by atoms with Crippen LogP contribution in [0.15, 0.2) is 65.8 Å². The molecular weight excluding hydrogens is 529 g/mol. The second kappa shape index (κ2) is 13.0. The number of hydrogen-bond donors (Lipinski definition) is 3. The molecule has 0 aliphatic carbocycles. The zero-order valence-electron chi connectivity index (χ0n) is 18.9. The summed E-state index contributed by atoms with van der Waals surface area (Å²) in [5.74, 6) is -6.44. The Kier molecular flexibility index (Phi) is 10.3. The molecule has 3 aromatic rings. The molecule has 0 unspecified atom stereocenters. The Bertz CT molecular complexity index is 1260. The van der Waals surface area contributed by atoms with Gasteiger partial charge in [-0.15, -0.1) is 0 Å². The summed E-state index contributed by atoms with van der Waals surface area (Å²) in [4.78, 5) is 25.2. The van der Waals surface area contributed by atoms with Gasteiger partial charge in [0.15, 0.2) is 12.0 Å². The number of nitrogens with zero attached hydrogens (tertiary/aromatic N) is 3. The van der Waals surface area contributed by atoms with Crippen LogP contribution in [0, 0.1) is 5.21 Å². The lowest BCUT2D eigenvalue weighted by molar-refractivity contribution is -0.624. The van der Waals surface area contributed by atoms with Crippen LogP contribution in [0.3, 0.4) is 0 Å². The molecule has 2 heterocycles. The zero-order valence-corrected chi connectivity index (χ0v) is 19.6. The predicted octanol–water partition coefficient (Wildman–Crippen LogP) is 3.16. The molecule has 2 aromatic heterocycles. The molecule has 200 valence electrons. The van der Waals surface area contributed by atoms with Crippen LogP contribution >= 0.6 is 11.6 Å². The van der Waals surface area contributed by atoms with Crippen molar-refractivity contribution in [2.45, 2.75) is 25.2 Å². The highest BCUT2D eigenvalue weighted by Gasteiger charge is 2.39. The van der Waals surface area contributed by atoms with Crippen molar-refractivity contribution in [3.05, 3.63) is 92.9 Å². The third kappa shape index (κ3) is 9.31. The van der Waals surface area contributed by atoms with Crippen molar-refractivity contribution in [3.8, 4) is 0 Å². The minimum atomic E-state index is -5.08. The Balaban J connectivity index is 0.000000604. The Morgan fingerprint density at radius 2 is 1.86 bits per heavy atom. The number of rotatable bonds is 9. The van der Waals surface area contributed by atoms with Gasteiger partial charge in [0.25, 0.3) is 11.3 Å². The van der Waals surface area contributed by atoms with E-state index in [-0.39, 0.29) is 10.5 Å². The number of halogens is 6. The summed E-state index contributed by atoms with van der Waals surface area (Å²) in [5, 5.41) is 24.9. The van der Waals surface area contributed by atoms with Crippen molar-refractivity contribution < 1.29 is 36.6 Å². The Morgan fingerprint density at radius 1 is 1.16 bits per heavy atom. The molecule has 3 N–H and O–H groups in total. The van der Waals surface area contributed by atoms with E-state index in [2.05, 4.69) is 15.6 Å². The van der Waals surface area contributed by atoms with Crippen LogP contribution in [-0.2, 0) is 23.8 Å². The second-order valence-corrected chi connectivity index (χ2v) is 7.79. The lowest BCUT2D eigenvalue weighted by Gasteiger charge is -2.16. The molecule has 37 heavy (non-hydrogen) atoms. The van der Waals surface area contributed by atoms with E-state index in [0.29, 0.717) is 24.7 Å². The molecule has 0 saturated heterocycles. The molecule has 0 bridgehead atoms. The van der Waals surface area contributed by atoms with E-state index in [0.717, 1.165) is 17.8 Å². The predicted molar refractivity (Wildman–Crippen MR) is 123 cm³/mol. The molecular formula is C22H21ClF5N5O4. The third-order valence-corrected chi connectivity index (χ3v) is 4.82. The fourth-order valence-electron chi connectivity index (χ4n) is 2.82. The first-order chi connectivity index (χ1) is 17.3. The molecule has 1 aromatic carbocycles. The zero-order chi connectivity index (χ0) is 27.6. The van der Waals surface area contributed by atoms with Crippen LogP contribution < -0.4 is 20.9 Å². The van der Waals surface area contributed by atoms with Crippen molar-refractivity contribution in [3.63, 3.8) is 0 Å². The fraction of sp³-hybridized carbons (Fsp3) is 0.273. The summed E-state index contributed by atoms with van der Waals surface area (Å²) in [6.07, 6.45) is -1.25. The number of carboxylic acid groups (broad SMARTS) is 1. The summed E-state index contributed by atoms with van der Waals surface area (Å²) < 4.78 is 61.9. The monoisotopic (exact) mass is 549 g/mol. The Hall–Kier alpha value is -3.78. The lowest BCUT2D eigenvalue weighted by atomic mass is 10.2. The van der Waals surface area contributed by atoms with Crippen LogP contribution in [0.25, 0.3) is 0 Å². The van der Waals surface area contributed by atoms with Gasteiger partial charge < -0.3 is 25.5 Å². The molecule has 0 radical (unpaired) electrons. The number of carboxylic acids is 1. The molecule has 0 fully saturated rings. The van der Waals surface area contributed by atoms with Gasteiger partial charge in [-0.1, -0.05) is 23.7 Å². The molecule has 9 nitrogen and oxygen atoms in total. The fourth-order valence-corrected chi connectivity index (χ4v) is 3.03. The summed E-state index contributed by atoms with van der Waals surface area (Å²) in [6, 6.07) is 11.2. The summed E-state index contributed by atoms with van der Waals surface area (Å²) in [6.45, 7) is 0.445. The minimum absolute atomic E-state index is 0.101. The van der Waals surface area contributed by atoms with Gasteiger partial charge in [0.2, 0.25) is 0 Å². The smallest absolute Gasteiger partial charge is 0.490 e. The number of aromatic nitrogens is 3. The molecule has 0 aliphatic rings.